The van der Waals surface area contributed by atoms with Crippen molar-refractivity contribution >= 4 is 10.9 Å². The maximum absolute atomic E-state index is 9.48. The minimum atomic E-state index is -0.140. The largest absolute Gasteiger partial charge is 0.421 e. The number of fused-ring (bicyclic) bond motifs is 1. The second kappa shape index (κ2) is 7.73. The molecular formula is C23H20N6O2. The molecular weight excluding hydrogens is 392 g/mol. The second-order valence-electron chi connectivity index (χ2n) is 7.15. The zero-order chi connectivity index (χ0) is 21.4. The van der Waals surface area contributed by atoms with Crippen molar-refractivity contribution in [2.75, 3.05) is 0 Å². The Hall–Kier alpha value is -3.91. The van der Waals surface area contributed by atoms with E-state index in [9.17, 15) is 5.11 Å². The average molecular weight is 412 g/mol. The van der Waals surface area contributed by atoms with Crippen LogP contribution in [0, 0.1) is 6.92 Å². The number of nitrogens with zero attached hydrogens (tertiary/aromatic N) is 6. The Labute approximate surface area is 178 Å². The summed E-state index contributed by atoms with van der Waals surface area (Å²) in [4.78, 5) is 9.28. The standard InChI is InChI=1S/C23H20N6O2/c1-3-16-6-4-8-20(25-16)15-10-18(23-28-27-14(2)31-23)19-12-24-29(21(19)11-15)22-9-5-7-17(13-30)26-22/h4-12,30H,3,13H2,1-2H3. The van der Waals surface area contributed by atoms with Crippen LogP contribution in [0.15, 0.2) is 59.1 Å². The molecule has 0 atom stereocenters. The number of rotatable bonds is 5. The van der Waals surface area contributed by atoms with Gasteiger partial charge in [0.2, 0.25) is 11.8 Å². The fourth-order valence-corrected chi connectivity index (χ4v) is 3.55. The molecule has 0 aliphatic carbocycles. The number of aliphatic hydroxyl groups excluding tert-OH is 1. The molecule has 31 heavy (non-hydrogen) atoms. The maximum Gasteiger partial charge on any atom is 0.248 e. The van der Waals surface area contributed by atoms with E-state index >= 15 is 0 Å². The Kier molecular flexibility index (Phi) is 4.76. The molecule has 1 aromatic carbocycles. The lowest BCUT2D eigenvalue weighted by molar-refractivity contribution is 0.276. The smallest absolute Gasteiger partial charge is 0.248 e. The van der Waals surface area contributed by atoms with Crippen LogP contribution in [0.2, 0.25) is 0 Å². The first-order valence-corrected chi connectivity index (χ1v) is 10.0. The van der Waals surface area contributed by atoms with E-state index in [4.69, 9.17) is 9.40 Å². The summed E-state index contributed by atoms with van der Waals surface area (Å²) in [7, 11) is 0. The molecule has 154 valence electrons. The molecule has 0 unspecified atom stereocenters. The van der Waals surface area contributed by atoms with Crippen molar-refractivity contribution in [2.24, 2.45) is 0 Å². The van der Waals surface area contributed by atoms with Gasteiger partial charge in [-0.3, -0.25) is 4.98 Å². The summed E-state index contributed by atoms with van der Waals surface area (Å²) in [6.45, 7) is 3.70. The van der Waals surface area contributed by atoms with E-state index in [0.29, 0.717) is 23.3 Å². The van der Waals surface area contributed by atoms with Crippen LogP contribution in [0.4, 0.5) is 0 Å². The highest BCUT2D eigenvalue weighted by molar-refractivity contribution is 5.96. The zero-order valence-corrected chi connectivity index (χ0v) is 17.1. The Bertz CT molecular complexity index is 1390. The van der Waals surface area contributed by atoms with E-state index in [-0.39, 0.29) is 6.61 Å². The SMILES string of the molecule is CCc1cccc(-c2cc(-c3nnc(C)o3)c3cnn(-c4cccc(CO)n4)c3c2)n1. The summed E-state index contributed by atoms with van der Waals surface area (Å²) < 4.78 is 7.48. The lowest BCUT2D eigenvalue weighted by Crippen LogP contribution is -2.02. The van der Waals surface area contributed by atoms with Gasteiger partial charge in [-0.15, -0.1) is 10.2 Å². The van der Waals surface area contributed by atoms with Crippen molar-refractivity contribution in [1.29, 1.82) is 0 Å². The molecule has 0 aliphatic rings. The summed E-state index contributed by atoms with van der Waals surface area (Å²) in [5.41, 5.74) is 4.95. The Balaban J connectivity index is 1.78. The summed E-state index contributed by atoms with van der Waals surface area (Å²) in [5, 5.41) is 23.1. The van der Waals surface area contributed by atoms with E-state index in [1.165, 1.54) is 0 Å². The molecule has 0 fully saturated rings. The molecule has 4 aromatic heterocycles. The third-order valence-electron chi connectivity index (χ3n) is 5.08. The molecule has 0 radical (unpaired) electrons. The first-order chi connectivity index (χ1) is 15.2. The normalized spacial score (nSPS) is 11.3. The summed E-state index contributed by atoms with van der Waals surface area (Å²) in [6.07, 6.45) is 2.61. The molecule has 5 rings (SSSR count). The van der Waals surface area contributed by atoms with Gasteiger partial charge in [-0.2, -0.15) is 5.10 Å². The molecule has 0 saturated heterocycles. The molecule has 1 N–H and O–H groups in total. The number of pyridine rings is 2. The van der Waals surface area contributed by atoms with Gasteiger partial charge in [0.1, 0.15) is 0 Å². The molecule has 0 spiro atoms. The number of hydrogen-bond donors (Lipinski definition) is 1. The Morgan fingerprint density at radius 1 is 1.00 bits per heavy atom. The quantitative estimate of drug-likeness (QED) is 0.467. The van der Waals surface area contributed by atoms with Crippen LogP contribution in [0.25, 0.3) is 39.4 Å². The summed E-state index contributed by atoms with van der Waals surface area (Å²) in [6, 6.07) is 15.5. The third-order valence-corrected chi connectivity index (χ3v) is 5.08. The summed E-state index contributed by atoms with van der Waals surface area (Å²) in [5.74, 6) is 1.53. The highest BCUT2D eigenvalue weighted by atomic mass is 16.4. The number of aryl methyl sites for hydroxylation is 2. The number of aromatic nitrogens is 6. The van der Waals surface area contributed by atoms with E-state index in [1.54, 1.807) is 23.9 Å². The predicted molar refractivity (Wildman–Crippen MR) is 115 cm³/mol. The van der Waals surface area contributed by atoms with Crippen LogP contribution < -0.4 is 0 Å². The van der Waals surface area contributed by atoms with Crippen LogP contribution in [-0.2, 0) is 13.0 Å². The molecule has 8 nitrogen and oxygen atoms in total. The fourth-order valence-electron chi connectivity index (χ4n) is 3.55. The van der Waals surface area contributed by atoms with Crippen molar-refractivity contribution < 1.29 is 9.52 Å². The molecule has 0 aliphatic heterocycles. The fraction of sp³-hybridized carbons (Fsp3) is 0.174. The molecule has 5 aromatic rings. The van der Waals surface area contributed by atoms with Gasteiger partial charge in [-0.05, 0) is 42.8 Å². The minimum Gasteiger partial charge on any atom is -0.421 e. The summed E-state index contributed by atoms with van der Waals surface area (Å²) >= 11 is 0. The van der Waals surface area contributed by atoms with E-state index in [0.717, 1.165) is 39.8 Å². The van der Waals surface area contributed by atoms with Crippen molar-refractivity contribution in [3.63, 3.8) is 0 Å². The van der Waals surface area contributed by atoms with E-state index in [2.05, 4.69) is 27.2 Å². The van der Waals surface area contributed by atoms with Gasteiger partial charge < -0.3 is 9.52 Å². The topological polar surface area (TPSA) is 103 Å². The second-order valence-corrected chi connectivity index (χ2v) is 7.15. The zero-order valence-electron chi connectivity index (χ0n) is 17.1. The first kappa shape index (κ1) is 19.1. The van der Waals surface area contributed by atoms with Gasteiger partial charge >= 0.3 is 0 Å². The van der Waals surface area contributed by atoms with Crippen molar-refractivity contribution in [1.82, 2.24) is 29.9 Å². The van der Waals surface area contributed by atoms with Gasteiger partial charge in [0.05, 0.1) is 35.3 Å². The van der Waals surface area contributed by atoms with Gasteiger partial charge in [0.25, 0.3) is 0 Å². The van der Waals surface area contributed by atoms with Crippen molar-refractivity contribution in [2.45, 2.75) is 26.9 Å². The van der Waals surface area contributed by atoms with Crippen LogP contribution in [0.3, 0.4) is 0 Å². The third kappa shape index (κ3) is 3.47. The highest BCUT2D eigenvalue weighted by Gasteiger charge is 2.18. The first-order valence-electron chi connectivity index (χ1n) is 10.0. The number of aliphatic hydroxyl groups is 1. The van der Waals surface area contributed by atoms with Crippen LogP contribution in [0.1, 0.15) is 24.2 Å². The Morgan fingerprint density at radius 3 is 2.61 bits per heavy atom. The molecule has 0 bridgehead atoms. The predicted octanol–water partition coefficient (Wildman–Crippen LogP) is 3.90. The van der Waals surface area contributed by atoms with Gasteiger partial charge in [0.15, 0.2) is 5.82 Å². The van der Waals surface area contributed by atoms with Crippen molar-refractivity contribution in [3.8, 4) is 28.5 Å². The maximum atomic E-state index is 9.48. The van der Waals surface area contributed by atoms with Crippen LogP contribution >= 0.6 is 0 Å². The monoisotopic (exact) mass is 412 g/mol. The molecule has 0 saturated carbocycles. The average Bonchev–Trinajstić information content (AvgIpc) is 3.44. The van der Waals surface area contributed by atoms with E-state index in [1.807, 2.05) is 42.5 Å². The van der Waals surface area contributed by atoms with Crippen molar-refractivity contribution in [3.05, 3.63) is 72.0 Å². The van der Waals surface area contributed by atoms with Crippen LogP contribution in [0.5, 0.6) is 0 Å². The van der Waals surface area contributed by atoms with Gasteiger partial charge in [-0.1, -0.05) is 19.1 Å². The highest BCUT2D eigenvalue weighted by Crippen LogP contribution is 2.34. The molecule has 8 heteroatoms. The van der Waals surface area contributed by atoms with E-state index < -0.39 is 0 Å². The molecule has 4 heterocycles. The lowest BCUT2D eigenvalue weighted by Gasteiger charge is -2.09. The molecule has 0 amide bonds. The Morgan fingerprint density at radius 2 is 1.84 bits per heavy atom. The minimum absolute atomic E-state index is 0.140. The number of hydrogen-bond acceptors (Lipinski definition) is 7. The number of benzene rings is 1. The van der Waals surface area contributed by atoms with Crippen LogP contribution in [-0.4, -0.2) is 35.1 Å². The van der Waals surface area contributed by atoms with Gasteiger partial charge in [-0.25, -0.2) is 9.67 Å². The lowest BCUT2D eigenvalue weighted by atomic mass is 10.0. The van der Waals surface area contributed by atoms with Gasteiger partial charge in [0, 0.05) is 23.6 Å².